The third-order valence-corrected chi connectivity index (χ3v) is 2.39. The summed E-state index contributed by atoms with van der Waals surface area (Å²) in [4.78, 5) is 22.0. The Morgan fingerprint density at radius 2 is 1.86 bits per heavy atom. The molecule has 3 nitrogen and oxygen atoms in total. The number of amides is 1. The smallest absolute Gasteiger partial charge is 0.217 e. The molecule has 0 bridgehead atoms. The van der Waals surface area contributed by atoms with Crippen molar-refractivity contribution in [3.05, 3.63) is 24.3 Å². The Hall–Kier alpha value is -1.38. The second-order valence-corrected chi connectivity index (χ2v) is 3.84. The molecule has 1 rings (SSSR count). The van der Waals surface area contributed by atoms with Gasteiger partial charge in [0.1, 0.15) is 0 Å². The predicted molar refractivity (Wildman–Crippen MR) is 54.7 cm³/mol. The van der Waals surface area contributed by atoms with Crippen molar-refractivity contribution in [2.24, 2.45) is 5.92 Å². The second kappa shape index (κ2) is 3.78. The third kappa shape index (κ3) is 2.10. The van der Waals surface area contributed by atoms with Gasteiger partial charge in [-0.2, -0.15) is 0 Å². The summed E-state index contributed by atoms with van der Waals surface area (Å²) in [6.07, 6.45) is 6.49. The van der Waals surface area contributed by atoms with Gasteiger partial charge in [-0.25, -0.2) is 0 Å². The minimum Gasteiger partial charge on any atom is -0.344 e. The van der Waals surface area contributed by atoms with Gasteiger partial charge in [-0.05, 0) is 18.1 Å². The van der Waals surface area contributed by atoms with Crippen molar-refractivity contribution in [3.63, 3.8) is 0 Å². The van der Waals surface area contributed by atoms with Crippen LogP contribution in [-0.4, -0.2) is 17.2 Å². The van der Waals surface area contributed by atoms with Crippen LogP contribution in [0.2, 0.25) is 0 Å². The van der Waals surface area contributed by atoms with Crippen LogP contribution in [0.25, 0.3) is 0 Å². The normalized spacial score (nSPS) is 18.7. The van der Waals surface area contributed by atoms with E-state index in [1.165, 1.54) is 19.1 Å². The molecule has 0 unspecified atom stereocenters. The van der Waals surface area contributed by atoms with Crippen LogP contribution in [0, 0.1) is 5.92 Å². The van der Waals surface area contributed by atoms with Crippen LogP contribution in [0.15, 0.2) is 24.3 Å². The fourth-order valence-corrected chi connectivity index (χ4v) is 1.47. The highest BCUT2D eigenvalue weighted by atomic mass is 16.1. The van der Waals surface area contributed by atoms with Crippen LogP contribution in [0.1, 0.15) is 20.8 Å². The number of allylic oxidation sites excluding steroid dienone is 2. The first kappa shape index (κ1) is 10.7. The Morgan fingerprint density at radius 1 is 1.36 bits per heavy atom. The zero-order valence-electron chi connectivity index (χ0n) is 8.70. The van der Waals surface area contributed by atoms with Gasteiger partial charge in [0.25, 0.3) is 0 Å². The molecule has 0 saturated carbocycles. The number of carbonyl (C=O) groups is 2. The molecule has 0 atom stereocenters. The first-order chi connectivity index (χ1) is 6.46. The van der Waals surface area contributed by atoms with Crippen molar-refractivity contribution in [1.82, 2.24) is 5.32 Å². The topological polar surface area (TPSA) is 46.2 Å². The Labute approximate surface area is 83.9 Å². The lowest BCUT2D eigenvalue weighted by Gasteiger charge is -2.33. The van der Waals surface area contributed by atoms with Gasteiger partial charge in [0.15, 0.2) is 5.78 Å². The van der Waals surface area contributed by atoms with E-state index in [2.05, 4.69) is 5.32 Å². The van der Waals surface area contributed by atoms with Crippen molar-refractivity contribution in [2.45, 2.75) is 26.3 Å². The van der Waals surface area contributed by atoms with Gasteiger partial charge in [-0.3, -0.25) is 9.59 Å². The van der Waals surface area contributed by atoms with Gasteiger partial charge in [0, 0.05) is 6.92 Å². The molecule has 1 N–H and O–H groups in total. The van der Waals surface area contributed by atoms with Gasteiger partial charge >= 0.3 is 0 Å². The van der Waals surface area contributed by atoms with Crippen LogP contribution < -0.4 is 5.32 Å². The fourth-order valence-electron chi connectivity index (χ4n) is 1.47. The number of carbonyl (C=O) groups excluding carboxylic acids is 2. The van der Waals surface area contributed by atoms with Crippen LogP contribution in [-0.2, 0) is 9.59 Å². The fraction of sp³-hybridized carbons (Fsp3) is 0.455. The first-order valence-corrected chi connectivity index (χ1v) is 4.67. The van der Waals surface area contributed by atoms with Crippen molar-refractivity contribution in [2.75, 3.05) is 0 Å². The van der Waals surface area contributed by atoms with Crippen LogP contribution in [0.3, 0.4) is 0 Å². The highest BCUT2D eigenvalue weighted by Gasteiger charge is 2.30. The molecular formula is C11H15NO2. The summed E-state index contributed by atoms with van der Waals surface area (Å²) < 4.78 is 0. The van der Waals surface area contributed by atoms with Gasteiger partial charge in [0.2, 0.25) is 5.91 Å². The summed E-state index contributed by atoms with van der Waals surface area (Å²) in [5.41, 5.74) is -0.500. The average Bonchev–Trinajstić information content (AvgIpc) is 2.08. The van der Waals surface area contributed by atoms with E-state index < -0.39 is 5.54 Å². The maximum atomic E-state index is 11.0. The Bertz CT molecular complexity index is 297. The van der Waals surface area contributed by atoms with Crippen molar-refractivity contribution in [1.29, 1.82) is 0 Å². The zero-order valence-corrected chi connectivity index (χ0v) is 8.70. The minimum absolute atomic E-state index is 0.0355. The molecule has 0 spiro atoms. The van der Waals surface area contributed by atoms with Gasteiger partial charge < -0.3 is 5.32 Å². The highest BCUT2D eigenvalue weighted by Crippen LogP contribution is 2.23. The van der Waals surface area contributed by atoms with Crippen molar-refractivity contribution < 1.29 is 9.59 Å². The molecule has 0 aromatic carbocycles. The van der Waals surface area contributed by atoms with E-state index in [-0.39, 0.29) is 17.6 Å². The molecule has 0 aromatic rings. The molecular weight excluding hydrogens is 178 g/mol. The first-order valence-electron chi connectivity index (χ1n) is 4.67. The summed E-state index contributed by atoms with van der Waals surface area (Å²) in [6.45, 7) is 5.48. The summed E-state index contributed by atoms with van der Waals surface area (Å²) in [5, 5.41) is 2.85. The summed E-state index contributed by atoms with van der Waals surface area (Å²) in [6, 6.07) is 0. The van der Waals surface area contributed by atoms with E-state index in [9.17, 15) is 9.59 Å². The molecule has 0 heterocycles. The number of hydrogen-bond donors (Lipinski definition) is 1. The quantitative estimate of drug-likeness (QED) is 0.716. The number of hydrogen-bond acceptors (Lipinski definition) is 2. The molecule has 0 radical (unpaired) electrons. The summed E-state index contributed by atoms with van der Waals surface area (Å²) in [7, 11) is 0. The number of rotatable bonds is 2. The van der Waals surface area contributed by atoms with E-state index in [4.69, 9.17) is 0 Å². The molecule has 0 aromatic heterocycles. The van der Waals surface area contributed by atoms with Gasteiger partial charge in [0.05, 0.1) is 5.54 Å². The van der Waals surface area contributed by atoms with E-state index in [1.807, 2.05) is 13.8 Å². The Morgan fingerprint density at radius 3 is 2.21 bits per heavy atom. The second-order valence-electron chi connectivity index (χ2n) is 3.84. The van der Waals surface area contributed by atoms with Crippen molar-refractivity contribution >= 4 is 11.7 Å². The average molecular weight is 193 g/mol. The molecule has 1 aliphatic rings. The molecule has 0 fully saturated rings. The monoisotopic (exact) mass is 193 g/mol. The molecule has 76 valence electrons. The number of nitrogens with one attached hydrogen (secondary N) is 1. The van der Waals surface area contributed by atoms with Crippen molar-refractivity contribution in [3.8, 4) is 0 Å². The highest BCUT2D eigenvalue weighted by molar-refractivity contribution is 6.01. The maximum absolute atomic E-state index is 11.0. The predicted octanol–water partition coefficient (Wildman–Crippen LogP) is 1.21. The molecule has 1 amide bonds. The summed E-state index contributed by atoms with van der Waals surface area (Å²) in [5.74, 6) is 0.0842. The summed E-state index contributed by atoms with van der Waals surface area (Å²) >= 11 is 0. The van der Waals surface area contributed by atoms with Gasteiger partial charge in [-0.1, -0.05) is 26.0 Å². The SMILES string of the molecule is CC(=O)NC1(C(C)C)C=CC(=O)C=C1. The Kier molecular flexibility index (Phi) is 2.89. The van der Waals surface area contributed by atoms with E-state index >= 15 is 0 Å². The maximum Gasteiger partial charge on any atom is 0.217 e. The molecule has 0 saturated heterocycles. The lowest BCUT2D eigenvalue weighted by molar-refractivity contribution is -0.120. The molecule has 14 heavy (non-hydrogen) atoms. The standard InChI is InChI=1S/C11H15NO2/c1-8(2)11(12-9(3)13)6-4-10(14)5-7-11/h4-8H,1-3H3,(H,12,13). The largest absolute Gasteiger partial charge is 0.344 e. The molecule has 3 heteroatoms. The Balaban J connectivity index is 2.95. The minimum atomic E-state index is -0.500. The number of ketones is 1. The van der Waals surface area contributed by atoms with E-state index in [0.717, 1.165) is 0 Å². The van der Waals surface area contributed by atoms with E-state index in [0.29, 0.717) is 0 Å². The lowest BCUT2D eigenvalue weighted by Crippen LogP contribution is -2.49. The molecule has 1 aliphatic carbocycles. The molecule has 0 aliphatic heterocycles. The zero-order chi connectivity index (χ0) is 10.8. The van der Waals surface area contributed by atoms with Gasteiger partial charge in [-0.15, -0.1) is 0 Å². The van der Waals surface area contributed by atoms with Crippen LogP contribution >= 0.6 is 0 Å². The lowest BCUT2D eigenvalue weighted by atomic mass is 9.83. The van der Waals surface area contributed by atoms with E-state index in [1.54, 1.807) is 12.2 Å². The van der Waals surface area contributed by atoms with Crippen LogP contribution in [0.4, 0.5) is 0 Å². The third-order valence-electron chi connectivity index (χ3n) is 2.39. The van der Waals surface area contributed by atoms with Crippen LogP contribution in [0.5, 0.6) is 0 Å².